The van der Waals surface area contributed by atoms with Crippen molar-refractivity contribution in [2.75, 3.05) is 32.8 Å². The third-order valence-electron chi connectivity index (χ3n) is 4.26. The van der Waals surface area contributed by atoms with Gasteiger partial charge in [0, 0.05) is 19.0 Å². The molecule has 0 aromatic carbocycles. The summed E-state index contributed by atoms with van der Waals surface area (Å²) >= 11 is 0. The van der Waals surface area contributed by atoms with Gasteiger partial charge in [0.05, 0.1) is 6.61 Å². The molecule has 2 heterocycles. The summed E-state index contributed by atoms with van der Waals surface area (Å²) in [6, 6.07) is 0. The Morgan fingerprint density at radius 3 is 2.94 bits per heavy atom. The van der Waals surface area contributed by atoms with Crippen LogP contribution in [-0.2, 0) is 9.53 Å². The summed E-state index contributed by atoms with van der Waals surface area (Å²) in [4.78, 5) is 14.9. The van der Waals surface area contributed by atoms with Crippen LogP contribution in [0.5, 0.6) is 0 Å². The average Bonchev–Trinajstić information content (AvgIpc) is 2.73. The van der Waals surface area contributed by atoms with Crippen LogP contribution >= 0.6 is 0 Å². The predicted octanol–water partition coefficient (Wildman–Crippen LogP) is 1.26. The molecule has 0 spiro atoms. The van der Waals surface area contributed by atoms with Crippen LogP contribution in [0.1, 0.15) is 33.6 Å². The van der Waals surface area contributed by atoms with Gasteiger partial charge >= 0.3 is 5.97 Å². The van der Waals surface area contributed by atoms with Crippen molar-refractivity contribution in [3.8, 4) is 0 Å². The molecule has 4 heteroatoms. The molecular weight excluding hydrogens is 228 g/mol. The summed E-state index contributed by atoms with van der Waals surface area (Å²) in [5.74, 6) is 0.942. The van der Waals surface area contributed by atoms with Crippen molar-refractivity contribution in [2.45, 2.75) is 39.2 Å². The van der Waals surface area contributed by atoms with Gasteiger partial charge in [0.25, 0.3) is 0 Å². The van der Waals surface area contributed by atoms with Gasteiger partial charge in [-0.2, -0.15) is 0 Å². The predicted molar refractivity (Wildman–Crippen MR) is 71.4 cm³/mol. The molecule has 4 nitrogen and oxygen atoms in total. The number of hydrogen-bond acceptors (Lipinski definition) is 4. The number of hydrogen-bond donors (Lipinski definition) is 1. The first-order chi connectivity index (χ1) is 8.58. The second kappa shape index (κ2) is 5.57. The molecule has 2 saturated heterocycles. The van der Waals surface area contributed by atoms with Crippen LogP contribution in [0.2, 0.25) is 0 Å². The summed E-state index contributed by atoms with van der Waals surface area (Å²) in [7, 11) is 0. The fourth-order valence-corrected chi connectivity index (χ4v) is 3.20. The van der Waals surface area contributed by atoms with Crippen LogP contribution in [0.25, 0.3) is 0 Å². The van der Waals surface area contributed by atoms with E-state index in [0.29, 0.717) is 18.4 Å². The lowest BCUT2D eigenvalue weighted by Gasteiger charge is -2.41. The lowest BCUT2D eigenvalue weighted by molar-refractivity contribution is -0.155. The van der Waals surface area contributed by atoms with Crippen molar-refractivity contribution >= 4 is 5.97 Å². The molecule has 0 aromatic heterocycles. The SMILES string of the molecule is CCOC(=O)C1(NCC(C)C)CCN2CCC1C2. The van der Waals surface area contributed by atoms with Crippen LogP contribution in [0.4, 0.5) is 0 Å². The highest BCUT2D eigenvalue weighted by atomic mass is 16.5. The molecule has 0 radical (unpaired) electrons. The largest absolute Gasteiger partial charge is 0.465 e. The van der Waals surface area contributed by atoms with E-state index in [2.05, 4.69) is 24.1 Å². The fraction of sp³-hybridized carbons (Fsp3) is 0.929. The van der Waals surface area contributed by atoms with Gasteiger partial charge in [0.15, 0.2) is 0 Å². The van der Waals surface area contributed by atoms with E-state index in [1.54, 1.807) is 0 Å². The second-order valence-corrected chi connectivity index (χ2v) is 6.00. The van der Waals surface area contributed by atoms with Crippen LogP contribution < -0.4 is 5.32 Å². The molecule has 18 heavy (non-hydrogen) atoms. The minimum absolute atomic E-state index is 0.0304. The fourth-order valence-electron chi connectivity index (χ4n) is 3.20. The number of carbonyl (C=O) groups excluding carboxylic acids is 1. The molecule has 3 atom stereocenters. The molecular formula is C14H26N2O2. The van der Waals surface area contributed by atoms with Crippen LogP contribution in [0.3, 0.4) is 0 Å². The Morgan fingerprint density at radius 1 is 1.50 bits per heavy atom. The first-order valence-corrected chi connectivity index (χ1v) is 7.23. The van der Waals surface area contributed by atoms with Crippen molar-refractivity contribution in [3.05, 3.63) is 0 Å². The standard InChI is InChI=1S/C14H26N2O2/c1-4-18-13(17)14(15-9-11(2)3)6-8-16-7-5-12(14)10-16/h11-12,15H,4-10H2,1-3H3. The Labute approximate surface area is 110 Å². The first-order valence-electron chi connectivity index (χ1n) is 7.23. The topological polar surface area (TPSA) is 41.6 Å². The van der Waals surface area contributed by atoms with Gasteiger partial charge in [-0.05, 0) is 38.8 Å². The smallest absolute Gasteiger partial charge is 0.326 e. The summed E-state index contributed by atoms with van der Waals surface area (Å²) in [6.45, 7) is 10.8. The molecule has 0 aromatic rings. The Kier molecular flexibility index (Phi) is 4.28. The maximum atomic E-state index is 12.4. The maximum absolute atomic E-state index is 12.4. The zero-order valence-corrected chi connectivity index (χ0v) is 11.9. The molecule has 1 N–H and O–H groups in total. The number of piperidine rings is 1. The summed E-state index contributed by atoms with van der Waals surface area (Å²) in [5.41, 5.74) is -0.423. The highest BCUT2D eigenvalue weighted by Gasteiger charge is 2.51. The molecule has 2 bridgehead atoms. The molecule has 2 rings (SSSR count). The van der Waals surface area contributed by atoms with Crippen molar-refractivity contribution in [2.24, 2.45) is 11.8 Å². The van der Waals surface area contributed by atoms with Crippen molar-refractivity contribution in [1.82, 2.24) is 10.2 Å². The van der Waals surface area contributed by atoms with Gasteiger partial charge in [0.2, 0.25) is 0 Å². The molecule has 104 valence electrons. The van der Waals surface area contributed by atoms with E-state index in [9.17, 15) is 4.79 Å². The lowest BCUT2D eigenvalue weighted by Crippen LogP contribution is -2.62. The van der Waals surface area contributed by atoms with E-state index in [1.165, 1.54) is 0 Å². The minimum Gasteiger partial charge on any atom is -0.465 e. The van der Waals surface area contributed by atoms with E-state index in [-0.39, 0.29) is 5.97 Å². The highest BCUT2D eigenvalue weighted by Crippen LogP contribution is 2.36. The van der Waals surface area contributed by atoms with Crippen LogP contribution in [0, 0.1) is 11.8 Å². The van der Waals surface area contributed by atoms with Crippen molar-refractivity contribution < 1.29 is 9.53 Å². The first kappa shape index (κ1) is 13.8. The van der Waals surface area contributed by atoms with E-state index < -0.39 is 5.54 Å². The number of ether oxygens (including phenoxy) is 1. The number of nitrogens with zero attached hydrogens (tertiary/aromatic N) is 1. The monoisotopic (exact) mass is 254 g/mol. The van der Waals surface area contributed by atoms with Gasteiger partial charge in [-0.1, -0.05) is 13.8 Å². The van der Waals surface area contributed by atoms with E-state index >= 15 is 0 Å². The normalized spacial score (nSPS) is 34.9. The number of carbonyl (C=O) groups is 1. The van der Waals surface area contributed by atoms with Gasteiger partial charge in [0.1, 0.15) is 5.54 Å². The maximum Gasteiger partial charge on any atom is 0.326 e. The molecule has 2 aliphatic rings. The van der Waals surface area contributed by atoms with Gasteiger partial charge < -0.3 is 15.0 Å². The van der Waals surface area contributed by atoms with Crippen LogP contribution in [0.15, 0.2) is 0 Å². The molecule has 0 amide bonds. The Bertz CT molecular complexity index is 306. The van der Waals surface area contributed by atoms with Crippen molar-refractivity contribution in [3.63, 3.8) is 0 Å². The van der Waals surface area contributed by atoms with E-state index in [0.717, 1.165) is 39.0 Å². The quantitative estimate of drug-likeness (QED) is 0.750. The second-order valence-electron chi connectivity index (χ2n) is 6.00. The highest BCUT2D eigenvalue weighted by molar-refractivity contribution is 5.81. The molecule has 3 unspecified atom stereocenters. The van der Waals surface area contributed by atoms with E-state index in [1.807, 2.05) is 6.92 Å². The zero-order chi connectivity index (χ0) is 13.2. The Balaban J connectivity index is 2.13. The molecule has 0 saturated carbocycles. The Morgan fingerprint density at radius 2 is 2.28 bits per heavy atom. The summed E-state index contributed by atoms with van der Waals surface area (Å²) < 4.78 is 5.35. The summed E-state index contributed by atoms with van der Waals surface area (Å²) in [6.07, 6.45) is 2.01. The number of nitrogens with one attached hydrogen (secondary N) is 1. The van der Waals surface area contributed by atoms with E-state index in [4.69, 9.17) is 4.74 Å². The average molecular weight is 254 g/mol. The lowest BCUT2D eigenvalue weighted by atomic mass is 9.78. The van der Waals surface area contributed by atoms with Gasteiger partial charge in [-0.25, -0.2) is 0 Å². The molecule has 0 aliphatic carbocycles. The number of esters is 1. The van der Waals surface area contributed by atoms with Gasteiger partial charge in [-0.3, -0.25) is 4.79 Å². The Hall–Kier alpha value is -0.610. The molecule has 2 aliphatic heterocycles. The third-order valence-corrected chi connectivity index (χ3v) is 4.26. The van der Waals surface area contributed by atoms with Crippen molar-refractivity contribution in [1.29, 1.82) is 0 Å². The van der Waals surface area contributed by atoms with Crippen LogP contribution in [-0.4, -0.2) is 49.2 Å². The molecule has 2 fully saturated rings. The zero-order valence-electron chi connectivity index (χ0n) is 11.9. The van der Waals surface area contributed by atoms with Gasteiger partial charge in [-0.15, -0.1) is 0 Å². The minimum atomic E-state index is -0.423. The number of fused-ring (bicyclic) bond motifs is 2. The number of rotatable bonds is 5. The third kappa shape index (κ3) is 2.54. The summed E-state index contributed by atoms with van der Waals surface area (Å²) in [5, 5.41) is 3.55.